The van der Waals surface area contributed by atoms with E-state index in [0.717, 1.165) is 38.5 Å². The Balaban J connectivity index is 1.57. The van der Waals surface area contributed by atoms with E-state index >= 15 is 0 Å². The molecular weight excluding hydrogens is 412 g/mol. The second kappa shape index (κ2) is 8.08. The van der Waals surface area contributed by atoms with Gasteiger partial charge in [0.25, 0.3) is 0 Å². The second-order valence-corrected chi connectivity index (χ2v) is 11.4. The van der Waals surface area contributed by atoms with Gasteiger partial charge in [-0.05, 0) is 80.5 Å². The lowest BCUT2D eigenvalue weighted by atomic mass is 9.43. The van der Waals surface area contributed by atoms with Crippen molar-refractivity contribution in [2.45, 2.75) is 96.9 Å². The summed E-state index contributed by atoms with van der Waals surface area (Å²) in [6.45, 7) is 6.52. The van der Waals surface area contributed by atoms with E-state index in [2.05, 4.69) is 6.92 Å². The number of ketones is 1. The molecule has 0 spiro atoms. The zero-order valence-corrected chi connectivity index (χ0v) is 19.8. The predicted octanol–water partition coefficient (Wildman–Crippen LogP) is 2.79. The molecule has 7 heteroatoms. The molecule has 4 saturated carbocycles. The fourth-order valence-corrected chi connectivity index (χ4v) is 8.44. The maximum absolute atomic E-state index is 13.0. The predicted molar refractivity (Wildman–Crippen MR) is 115 cm³/mol. The summed E-state index contributed by atoms with van der Waals surface area (Å²) < 4.78 is 10.4. The van der Waals surface area contributed by atoms with Crippen molar-refractivity contribution >= 4 is 17.7 Å². The summed E-state index contributed by atoms with van der Waals surface area (Å²) in [7, 11) is 0. The number of esters is 2. The van der Waals surface area contributed by atoms with Gasteiger partial charge in [-0.3, -0.25) is 14.4 Å². The molecular formula is C25H38O7. The summed E-state index contributed by atoms with van der Waals surface area (Å²) in [6, 6.07) is 0. The normalized spacial score (nSPS) is 47.6. The van der Waals surface area contributed by atoms with E-state index in [1.165, 1.54) is 13.8 Å². The molecule has 0 bridgehead atoms. The van der Waals surface area contributed by atoms with Crippen LogP contribution in [-0.2, 0) is 23.9 Å². The SMILES string of the molecule is CC(=O)OCC(=O)[C@@]1(O)CC[C@H]2[C@@H]3CC[C@H]4C[C@@H](OC(C)=O)CC[C@]4(C)[C@H]3[C@@H](O)C[C@@]21C. The molecule has 9 atom stereocenters. The first-order valence-electron chi connectivity index (χ1n) is 12.2. The van der Waals surface area contributed by atoms with Crippen molar-refractivity contribution in [3.8, 4) is 0 Å². The minimum atomic E-state index is -1.58. The van der Waals surface area contributed by atoms with Crippen LogP contribution in [-0.4, -0.2) is 52.4 Å². The summed E-state index contributed by atoms with van der Waals surface area (Å²) in [5, 5.41) is 23.0. The third-order valence-corrected chi connectivity index (χ3v) is 9.90. The van der Waals surface area contributed by atoms with E-state index in [1.807, 2.05) is 6.92 Å². The van der Waals surface area contributed by atoms with Crippen molar-refractivity contribution in [1.82, 2.24) is 0 Å². The molecule has 180 valence electrons. The lowest BCUT2D eigenvalue weighted by Crippen LogP contribution is -2.63. The number of fused-ring (bicyclic) bond motifs is 5. The Morgan fingerprint density at radius 2 is 1.72 bits per heavy atom. The largest absolute Gasteiger partial charge is 0.463 e. The molecule has 32 heavy (non-hydrogen) atoms. The van der Waals surface area contributed by atoms with E-state index in [0.29, 0.717) is 18.8 Å². The Hall–Kier alpha value is -1.47. The number of aliphatic hydroxyl groups is 2. The van der Waals surface area contributed by atoms with Crippen LogP contribution in [0.2, 0.25) is 0 Å². The molecule has 0 aromatic rings. The fourth-order valence-electron chi connectivity index (χ4n) is 8.44. The first-order chi connectivity index (χ1) is 14.9. The summed E-state index contributed by atoms with van der Waals surface area (Å²) in [5.74, 6) is -0.331. The van der Waals surface area contributed by atoms with Gasteiger partial charge in [0.1, 0.15) is 11.7 Å². The van der Waals surface area contributed by atoms with Crippen LogP contribution in [0.4, 0.5) is 0 Å². The number of Topliss-reactive ketones (excluding diaryl/α,β-unsaturated/α-hetero) is 1. The summed E-state index contributed by atoms with van der Waals surface area (Å²) in [5.41, 5.74) is -2.35. The number of aliphatic hydroxyl groups excluding tert-OH is 1. The van der Waals surface area contributed by atoms with Gasteiger partial charge >= 0.3 is 11.9 Å². The highest BCUT2D eigenvalue weighted by Crippen LogP contribution is 2.68. The Bertz CT molecular complexity index is 795. The molecule has 0 radical (unpaired) electrons. The van der Waals surface area contributed by atoms with Gasteiger partial charge in [-0.1, -0.05) is 13.8 Å². The molecule has 0 heterocycles. The van der Waals surface area contributed by atoms with Crippen molar-refractivity contribution in [2.75, 3.05) is 6.61 Å². The minimum Gasteiger partial charge on any atom is -0.463 e. The number of hydrogen-bond donors (Lipinski definition) is 2. The van der Waals surface area contributed by atoms with E-state index in [-0.39, 0.29) is 35.2 Å². The van der Waals surface area contributed by atoms with Crippen LogP contribution < -0.4 is 0 Å². The first-order valence-corrected chi connectivity index (χ1v) is 12.2. The monoisotopic (exact) mass is 450 g/mol. The number of ether oxygens (including phenoxy) is 2. The molecule has 0 amide bonds. The smallest absolute Gasteiger partial charge is 0.303 e. The number of carbonyl (C=O) groups excluding carboxylic acids is 3. The van der Waals surface area contributed by atoms with E-state index in [1.54, 1.807) is 0 Å². The van der Waals surface area contributed by atoms with Crippen molar-refractivity contribution < 1.29 is 34.1 Å². The van der Waals surface area contributed by atoms with Crippen LogP contribution in [0.15, 0.2) is 0 Å². The molecule has 0 saturated heterocycles. The lowest BCUT2D eigenvalue weighted by Gasteiger charge is -2.62. The number of hydrogen-bond acceptors (Lipinski definition) is 7. The number of rotatable bonds is 4. The number of carbonyl (C=O) groups is 3. The third-order valence-electron chi connectivity index (χ3n) is 9.90. The van der Waals surface area contributed by atoms with E-state index in [9.17, 15) is 24.6 Å². The summed E-state index contributed by atoms with van der Waals surface area (Å²) in [6.07, 6.45) is 5.34. The standard InChI is InChI=1S/C25H38O7/c1-14(26)31-13-21(29)25(30)10-8-19-18-6-5-16-11-17(32-15(2)27)7-9-23(16,3)22(18)20(28)12-24(19,25)4/h16-20,22,28,30H,5-13H2,1-4H3/t16-,17-,18-,19-,20-,22+,23-,24-,25-/m0/s1. The van der Waals surface area contributed by atoms with E-state index in [4.69, 9.17) is 9.47 Å². The molecule has 0 unspecified atom stereocenters. The van der Waals surface area contributed by atoms with Gasteiger partial charge in [0.05, 0.1) is 6.10 Å². The van der Waals surface area contributed by atoms with Crippen LogP contribution in [0, 0.1) is 34.5 Å². The third kappa shape index (κ3) is 3.51. The molecule has 4 rings (SSSR count). The first kappa shape index (κ1) is 23.7. The van der Waals surface area contributed by atoms with Crippen molar-refractivity contribution in [3.05, 3.63) is 0 Å². The van der Waals surface area contributed by atoms with Crippen LogP contribution in [0.3, 0.4) is 0 Å². The molecule has 7 nitrogen and oxygen atoms in total. The van der Waals surface area contributed by atoms with Crippen LogP contribution >= 0.6 is 0 Å². The quantitative estimate of drug-likeness (QED) is 0.634. The average molecular weight is 451 g/mol. The highest BCUT2D eigenvalue weighted by molar-refractivity contribution is 5.91. The van der Waals surface area contributed by atoms with Gasteiger partial charge in [0.2, 0.25) is 5.78 Å². The summed E-state index contributed by atoms with van der Waals surface area (Å²) in [4.78, 5) is 35.6. The molecule has 4 aliphatic rings. The molecule has 0 aromatic heterocycles. The van der Waals surface area contributed by atoms with Crippen molar-refractivity contribution in [2.24, 2.45) is 34.5 Å². The Labute approximate surface area is 190 Å². The van der Waals surface area contributed by atoms with Gasteiger partial charge in [-0.25, -0.2) is 0 Å². The van der Waals surface area contributed by atoms with Crippen LogP contribution in [0.5, 0.6) is 0 Å². The van der Waals surface area contributed by atoms with Crippen LogP contribution in [0.25, 0.3) is 0 Å². The molecule has 0 aliphatic heterocycles. The Kier molecular flexibility index (Phi) is 5.98. The van der Waals surface area contributed by atoms with Gasteiger partial charge in [0.15, 0.2) is 6.61 Å². The van der Waals surface area contributed by atoms with Crippen molar-refractivity contribution in [1.29, 1.82) is 0 Å². The molecule has 0 aromatic carbocycles. The molecule has 4 aliphatic carbocycles. The lowest BCUT2D eigenvalue weighted by molar-refractivity contribution is -0.205. The average Bonchev–Trinajstić information content (AvgIpc) is 2.97. The molecule has 2 N–H and O–H groups in total. The molecule has 4 fully saturated rings. The highest BCUT2D eigenvalue weighted by Gasteiger charge is 2.68. The van der Waals surface area contributed by atoms with Gasteiger partial charge in [-0.15, -0.1) is 0 Å². The fraction of sp³-hybridized carbons (Fsp3) is 0.880. The van der Waals surface area contributed by atoms with Gasteiger partial charge in [0, 0.05) is 19.3 Å². The van der Waals surface area contributed by atoms with Gasteiger partial charge < -0.3 is 19.7 Å². The topological polar surface area (TPSA) is 110 Å². The zero-order valence-electron chi connectivity index (χ0n) is 19.8. The van der Waals surface area contributed by atoms with Crippen LogP contribution in [0.1, 0.15) is 79.1 Å². The van der Waals surface area contributed by atoms with Crippen molar-refractivity contribution in [3.63, 3.8) is 0 Å². The van der Waals surface area contributed by atoms with E-state index < -0.39 is 35.5 Å². The minimum absolute atomic E-state index is 0.0383. The Morgan fingerprint density at radius 1 is 1.00 bits per heavy atom. The maximum atomic E-state index is 13.0. The highest BCUT2D eigenvalue weighted by atomic mass is 16.5. The summed E-state index contributed by atoms with van der Waals surface area (Å²) >= 11 is 0. The zero-order chi connectivity index (χ0) is 23.5. The van der Waals surface area contributed by atoms with Gasteiger partial charge in [-0.2, -0.15) is 0 Å². The Morgan fingerprint density at radius 3 is 2.38 bits per heavy atom. The maximum Gasteiger partial charge on any atom is 0.303 e. The second-order valence-electron chi connectivity index (χ2n) is 11.4.